The molecule has 1 heterocycles. The van der Waals surface area contributed by atoms with Gasteiger partial charge < -0.3 is 9.73 Å². The monoisotopic (exact) mass is 320 g/mol. The van der Waals surface area contributed by atoms with Crippen LogP contribution in [-0.4, -0.2) is 20.4 Å². The molecule has 0 atom stereocenters. The van der Waals surface area contributed by atoms with Crippen molar-refractivity contribution < 1.29 is 17.6 Å². The maximum absolute atomic E-state index is 12.2. The third kappa shape index (κ3) is 3.20. The highest BCUT2D eigenvalue weighted by atomic mass is 32.2. The Morgan fingerprint density at radius 1 is 1.27 bits per heavy atom. The molecule has 22 heavy (non-hydrogen) atoms. The molecule has 0 unspecified atom stereocenters. The summed E-state index contributed by atoms with van der Waals surface area (Å²) in [4.78, 5) is 12.2. The number of amides is 1. The molecule has 1 saturated carbocycles. The SMILES string of the molecule is Cc1occc1C(=O)Nc1cccc(S(=O)(=O)NC2CC2)c1. The van der Waals surface area contributed by atoms with E-state index in [-0.39, 0.29) is 16.8 Å². The highest BCUT2D eigenvalue weighted by Gasteiger charge is 2.28. The average Bonchev–Trinajstić information content (AvgIpc) is 3.16. The molecule has 0 spiro atoms. The summed E-state index contributed by atoms with van der Waals surface area (Å²) < 4.78 is 32.0. The van der Waals surface area contributed by atoms with Crippen LogP contribution in [0.5, 0.6) is 0 Å². The number of furan rings is 1. The first kappa shape index (κ1) is 14.8. The molecular formula is C15H16N2O4S. The Hall–Kier alpha value is -2.12. The molecule has 3 rings (SSSR count). The molecule has 0 bridgehead atoms. The van der Waals surface area contributed by atoms with Gasteiger partial charge in [-0.15, -0.1) is 0 Å². The van der Waals surface area contributed by atoms with E-state index >= 15 is 0 Å². The smallest absolute Gasteiger partial charge is 0.259 e. The van der Waals surface area contributed by atoms with Crippen molar-refractivity contribution in [2.75, 3.05) is 5.32 Å². The zero-order chi connectivity index (χ0) is 15.7. The van der Waals surface area contributed by atoms with Crippen molar-refractivity contribution in [2.45, 2.75) is 30.7 Å². The van der Waals surface area contributed by atoms with Crippen LogP contribution in [0.4, 0.5) is 5.69 Å². The van der Waals surface area contributed by atoms with E-state index in [9.17, 15) is 13.2 Å². The fourth-order valence-electron chi connectivity index (χ4n) is 2.05. The lowest BCUT2D eigenvalue weighted by atomic mass is 10.2. The summed E-state index contributed by atoms with van der Waals surface area (Å²) in [5.74, 6) is 0.174. The molecule has 0 radical (unpaired) electrons. The van der Waals surface area contributed by atoms with Crippen molar-refractivity contribution in [1.82, 2.24) is 4.72 Å². The topological polar surface area (TPSA) is 88.4 Å². The molecule has 0 aliphatic heterocycles. The lowest BCUT2D eigenvalue weighted by Crippen LogP contribution is -2.25. The van der Waals surface area contributed by atoms with Gasteiger partial charge in [0.1, 0.15) is 5.76 Å². The second-order valence-electron chi connectivity index (χ2n) is 5.27. The number of aryl methyl sites for hydroxylation is 1. The first-order valence-corrected chi connectivity index (χ1v) is 8.42. The fourth-order valence-corrected chi connectivity index (χ4v) is 3.40. The number of sulfonamides is 1. The number of carbonyl (C=O) groups excluding carboxylic acids is 1. The quantitative estimate of drug-likeness (QED) is 0.884. The standard InChI is InChI=1S/C15H16N2O4S/c1-10-14(7-8-21-10)15(18)16-12-3-2-4-13(9-12)22(19,20)17-11-5-6-11/h2-4,7-9,11,17H,5-6H2,1H3,(H,16,18). The molecule has 0 saturated heterocycles. The van der Waals surface area contributed by atoms with Crippen LogP contribution in [0.2, 0.25) is 0 Å². The van der Waals surface area contributed by atoms with Crippen molar-refractivity contribution in [1.29, 1.82) is 0 Å². The molecule has 1 aromatic carbocycles. The van der Waals surface area contributed by atoms with Crippen LogP contribution in [0.1, 0.15) is 29.0 Å². The molecular weight excluding hydrogens is 304 g/mol. The van der Waals surface area contributed by atoms with Gasteiger partial charge in [-0.05, 0) is 44.0 Å². The second-order valence-corrected chi connectivity index (χ2v) is 6.98. The van der Waals surface area contributed by atoms with Crippen molar-refractivity contribution in [3.8, 4) is 0 Å². The Morgan fingerprint density at radius 2 is 2.05 bits per heavy atom. The van der Waals surface area contributed by atoms with E-state index in [1.807, 2.05) is 0 Å². The van der Waals surface area contributed by atoms with E-state index in [1.54, 1.807) is 25.1 Å². The van der Waals surface area contributed by atoms with Crippen LogP contribution >= 0.6 is 0 Å². The van der Waals surface area contributed by atoms with Crippen molar-refractivity contribution in [3.63, 3.8) is 0 Å². The van der Waals surface area contributed by atoms with Gasteiger partial charge in [-0.25, -0.2) is 13.1 Å². The number of carbonyl (C=O) groups is 1. The Balaban J connectivity index is 1.79. The third-order valence-electron chi connectivity index (χ3n) is 3.40. The van der Waals surface area contributed by atoms with Gasteiger partial charge in [-0.1, -0.05) is 6.07 Å². The molecule has 6 nitrogen and oxygen atoms in total. The Morgan fingerprint density at radius 3 is 2.68 bits per heavy atom. The predicted molar refractivity (Wildman–Crippen MR) is 81.2 cm³/mol. The maximum Gasteiger partial charge on any atom is 0.259 e. The molecule has 1 aliphatic carbocycles. The van der Waals surface area contributed by atoms with Crippen LogP contribution in [0.25, 0.3) is 0 Å². The third-order valence-corrected chi connectivity index (χ3v) is 4.92. The average molecular weight is 320 g/mol. The zero-order valence-corrected chi connectivity index (χ0v) is 12.8. The van der Waals surface area contributed by atoms with E-state index in [4.69, 9.17) is 4.42 Å². The van der Waals surface area contributed by atoms with Gasteiger partial charge in [-0.3, -0.25) is 4.79 Å². The molecule has 2 N–H and O–H groups in total. The summed E-state index contributed by atoms with van der Waals surface area (Å²) in [5.41, 5.74) is 0.841. The molecule has 1 aromatic heterocycles. The van der Waals surface area contributed by atoms with Gasteiger partial charge in [0, 0.05) is 11.7 Å². The Labute approximate surface area is 128 Å². The van der Waals surface area contributed by atoms with Gasteiger partial charge in [-0.2, -0.15) is 0 Å². The summed E-state index contributed by atoms with van der Waals surface area (Å²) in [7, 11) is -3.54. The van der Waals surface area contributed by atoms with Crippen molar-refractivity contribution >= 4 is 21.6 Å². The number of anilines is 1. The van der Waals surface area contributed by atoms with Crippen LogP contribution < -0.4 is 10.0 Å². The Kier molecular flexibility index (Phi) is 3.76. The largest absolute Gasteiger partial charge is 0.469 e. The van der Waals surface area contributed by atoms with Crippen LogP contribution in [0, 0.1) is 6.92 Å². The Bertz CT molecular complexity index is 806. The second kappa shape index (κ2) is 5.58. The lowest BCUT2D eigenvalue weighted by molar-refractivity contribution is 0.102. The minimum absolute atomic E-state index is 0.0387. The van der Waals surface area contributed by atoms with Crippen molar-refractivity contribution in [3.05, 3.63) is 47.9 Å². The van der Waals surface area contributed by atoms with Crippen LogP contribution in [0.15, 0.2) is 45.9 Å². The summed E-state index contributed by atoms with van der Waals surface area (Å²) in [6.07, 6.45) is 3.18. The van der Waals surface area contributed by atoms with Gasteiger partial charge >= 0.3 is 0 Å². The number of rotatable bonds is 5. The van der Waals surface area contributed by atoms with Gasteiger partial charge in [0.05, 0.1) is 16.7 Å². The summed E-state index contributed by atoms with van der Waals surface area (Å²) in [6, 6.07) is 7.79. The fraction of sp³-hybridized carbons (Fsp3) is 0.267. The summed E-state index contributed by atoms with van der Waals surface area (Å²) in [5, 5.41) is 2.68. The van der Waals surface area contributed by atoms with Crippen molar-refractivity contribution in [2.24, 2.45) is 0 Å². The molecule has 1 fully saturated rings. The first-order valence-electron chi connectivity index (χ1n) is 6.93. The van der Waals surface area contributed by atoms with E-state index in [0.29, 0.717) is 17.0 Å². The van der Waals surface area contributed by atoms with Crippen LogP contribution in [-0.2, 0) is 10.0 Å². The van der Waals surface area contributed by atoms with Gasteiger partial charge in [0.2, 0.25) is 10.0 Å². The summed E-state index contributed by atoms with van der Waals surface area (Å²) >= 11 is 0. The van der Waals surface area contributed by atoms with Gasteiger partial charge in [0.15, 0.2) is 0 Å². The van der Waals surface area contributed by atoms with E-state index < -0.39 is 10.0 Å². The van der Waals surface area contributed by atoms with Crippen LogP contribution in [0.3, 0.4) is 0 Å². The number of nitrogens with one attached hydrogen (secondary N) is 2. The van der Waals surface area contributed by atoms with E-state index in [2.05, 4.69) is 10.0 Å². The number of benzene rings is 1. The minimum atomic E-state index is -3.54. The number of hydrogen-bond donors (Lipinski definition) is 2. The highest BCUT2D eigenvalue weighted by Crippen LogP contribution is 2.23. The molecule has 1 amide bonds. The molecule has 116 valence electrons. The highest BCUT2D eigenvalue weighted by molar-refractivity contribution is 7.89. The summed E-state index contributed by atoms with van der Waals surface area (Å²) in [6.45, 7) is 1.69. The maximum atomic E-state index is 12.2. The normalized spacial score (nSPS) is 14.8. The lowest BCUT2D eigenvalue weighted by Gasteiger charge is -2.08. The molecule has 1 aliphatic rings. The first-order chi connectivity index (χ1) is 10.5. The molecule has 7 heteroatoms. The predicted octanol–water partition coefficient (Wildman–Crippen LogP) is 2.28. The van der Waals surface area contributed by atoms with E-state index in [1.165, 1.54) is 18.4 Å². The van der Waals surface area contributed by atoms with E-state index in [0.717, 1.165) is 12.8 Å². The minimum Gasteiger partial charge on any atom is -0.469 e. The van der Waals surface area contributed by atoms with Gasteiger partial charge in [0.25, 0.3) is 5.91 Å². The number of hydrogen-bond acceptors (Lipinski definition) is 4. The zero-order valence-electron chi connectivity index (χ0n) is 12.0. The molecule has 2 aromatic rings.